The maximum absolute atomic E-state index is 14.5. The molecule has 1 aliphatic rings. The molecule has 0 unspecified atom stereocenters. The minimum atomic E-state index is -0.173. The van der Waals surface area contributed by atoms with Crippen LogP contribution in [0.15, 0.2) is 60.7 Å². The molecule has 0 N–H and O–H groups in total. The number of nitrogens with zero attached hydrogens (tertiary/aromatic N) is 1. The zero-order valence-electron chi connectivity index (χ0n) is 19.5. The van der Waals surface area contributed by atoms with E-state index in [0.29, 0.717) is 17.9 Å². The largest absolute Gasteiger partial charge is 0.493 e. The van der Waals surface area contributed by atoms with Gasteiger partial charge in [0.1, 0.15) is 12.4 Å². The van der Waals surface area contributed by atoms with Gasteiger partial charge in [-0.05, 0) is 52.9 Å². The molecule has 0 saturated heterocycles. The zero-order chi connectivity index (χ0) is 22.9. The van der Waals surface area contributed by atoms with E-state index in [0.717, 1.165) is 35.6 Å². The third-order valence-electron chi connectivity index (χ3n) is 6.18. The van der Waals surface area contributed by atoms with Gasteiger partial charge >= 0.3 is 0 Å². The lowest BCUT2D eigenvalue weighted by Crippen LogP contribution is -2.31. The van der Waals surface area contributed by atoms with Crippen molar-refractivity contribution in [3.05, 3.63) is 94.3 Å². The first-order chi connectivity index (χ1) is 15.3. The van der Waals surface area contributed by atoms with E-state index in [4.69, 9.17) is 9.47 Å². The van der Waals surface area contributed by atoms with E-state index in [2.05, 4.69) is 61.7 Å². The van der Waals surface area contributed by atoms with Crippen LogP contribution < -0.4 is 9.47 Å². The molecule has 1 heterocycles. The van der Waals surface area contributed by atoms with Gasteiger partial charge in [0.05, 0.1) is 25.3 Å². The molecule has 0 spiro atoms. The Bertz CT molecular complexity index is 1160. The standard InChI is InChI=1S/C28H31FNO2/c1-28(2,3)22-12-10-19(11-13-22)27-23-17-26(32-5)25(31-4)16-20(23)14-15-30(27)18-21-8-6-7-9-24(21)29/h6-13,16-17H,14-15,18H2,1-5H3/q+1. The van der Waals surface area contributed by atoms with E-state index >= 15 is 0 Å². The molecule has 3 aromatic rings. The molecule has 0 fully saturated rings. The molecule has 0 bridgehead atoms. The van der Waals surface area contributed by atoms with Crippen LogP contribution in [0.2, 0.25) is 0 Å². The van der Waals surface area contributed by atoms with Crippen molar-refractivity contribution in [1.82, 2.24) is 0 Å². The molecule has 3 aromatic carbocycles. The molecule has 1 aliphatic heterocycles. The van der Waals surface area contributed by atoms with Gasteiger partial charge < -0.3 is 9.47 Å². The highest BCUT2D eigenvalue weighted by atomic mass is 19.1. The molecule has 4 heteroatoms. The molecule has 0 aromatic heterocycles. The lowest BCUT2D eigenvalue weighted by molar-refractivity contribution is -0.544. The number of halogens is 1. The average molecular weight is 433 g/mol. The normalized spacial score (nSPS) is 13.7. The Kier molecular flexibility index (Phi) is 6.05. The van der Waals surface area contributed by atoms with E-state index in [9.17, 15) is 4.39 Å². The predicted octanol–water partition coefficient (Wildman–Crippen LogP) is 5.75. The smallest absolute Gasteiger partial charge is 0.215 e. The second-order valence-corrected chi connectivity index (χ2v) is 9.30. The van der Waals surface area contributed by atoms with Crippen LogP contribution in [0.25, 0.3) is 0 Å². The molecule has 0 saturated carbocycles. The van der Waals surface area contributed by atoms with Crippen LogP contribution in [0.5, 0.6) is 11.5 Å². The predicted molar refractivity (Wildman–Crippen MR) is 127 cm³/mol. The first-order valence-electron chi connectivity index (χ1n) is 11.0. The third kappa shape index (κ3) is 4.27. The highest BCUT2D eigenvalue weighted by Gasteiger charge is 2.30. The summed E-state index contributed by atoms with van der Waals surface area (Å²) in [5, 5.41) is 0. The number of hydrogen-bond acceptors (Lipinski definition) is 2. The van der Waals surface area contributed by atoms with E-state index in [1.54, 1.807) is 20.3 Å². The molecule has 166 valence electrons. The van der Waals surface area contributed by atoms with Crippen molar-refractivity contribution in [3.8, 4) is 11.5 Å². The first kappa shape index (κ1) is 22.1. The molecule has 3 nitrogen and oxygen atoms in total. The van der Waals surface area contributed by atoms with E-state index in [1.807, 2.05) is 12.1 Å². The second kappa shape index (κ2) is 8.78. The minimum absolute atomic E-state index is 0.0805. The van der Waals surface area contributed by atoms with Gasteiger partial charge in [0.15, 0.2) is 18.0 Å². The summed E-state index contributed by atoms with van der Waals surface area (Å²) in [5.74, 6) is 1.26. The van der Waals surface area contributed by atoms with Crippen molar-refractivity contribution < 1.29 is 18.4 Å². The first-order valence-corrected chi connectivity index (χ1v) is 11.0. The summed E-state index contributed by atoms with van der Waals surface area (Å²) in [7, 11) is 3.31. The quantitative estimate of drug-likeness (QED) is 0.479. The SMILES string of the molecule is COc1cc2c(cc1OC)C(c1ccc(C(C)(C)C)cc1)=[N+](Cc1ccccc1F)CC2. The minimum Gasteiger partial charge on any atom is -0.493 e. The summed E-state index contributed by atoms with van der Waals surface area (Å²) in [5.41, 5.74) is 6.58. The Labute approximate surface area is 190 Å². The highest BCUT2D eigenvalue weighted by molar-refractivity contribution is 6.11. The number of benzene rings is 3. The van der Waals surface area contributed by atoms with E-state index in [1.165, 1.54) is 17.2 Å². The van der Waals surface area contributed by atoms with Gasteiger partial charge in [-0.2, -0.15) is 0 Å². The molecule has 0 amide bonds. The summed E-state index contributed by atoms with van der Waals surface area (Å²) >= 11 is 0. The van der Waals surface area contributed by atoms with Gasteiger partial charge in [-0.3, -0.25) is 0 Å². The highest BCUT2D eigenvalue weighted by Crippen LogP contribution is 2.34. The fourth-order valence-corrected chi connectivity index (χ4v) is 4.34. The van der Waals surface area contributed by atoms with Crippen molar-refractivity contribution in [2.75, 3.05) is 20.8 Å². The Morgan fingerprint density at radius 1 is 0.906 bits per heavy atom. The van der Waals surface area contributed by atoms with Crippen LogP contribution in [0.1, 0.15) is 48.6 Å². The summed E-state index contributed by atoms with van der Waals surface area (Å²) in [6, 6.07) is 19.9. The molecule has 4 rings (SSSR count). The molecule has 32 heavy (non-hydrogen) atoms. The van der Waals surface area contributed by atoms with Crippen molar-refractivity contribution in [3.63, 3.8) is 0 Å². The Hall–Kier alpha value is -3.14. The second-order valence-electron chi connectivity index (χ2n) is 9.30. The summed E-state index contributed by atoms with van der Waals surface area (Å²) < 4.78 is 27.9. The van der Waals surface area contributed by atoms with Crippen molar-refractivity contribution in [2.45, 2.75) is 39.2 Å². The molecule has 0 atom stereocenters. The van der Waals surface area contributed by atoms with Crippen molar-refractivity contribution >= 4 is 5.71 Å². The van der Waals surface area contributed by atoms with Crippen LogP contribution in [0.4, 0.5) is 4.39 Å². The number of hydrogen-bond donors (Lipinski definition) is 0. The van der Waals surface area contributed by atoms with Gasteiger partial charge in [-0.15, -0.1) is 0 Å². The number of rotatable bonds is 5. The third-order valence-corrected chi connectivity index (χ3v) is 6.18. The van der Waals surface area contributed by atoms with Gasteiger partial charge in [-0.1, -0.05) is 45.0 Å². The summed E-state index contributed by atoms with van der Waals surface area (Å²) in [6.07, 6.45) is 0.855. The maximum Gasteiger partial charge on any atom is 0.215 e. The van der Waals surface area contributed by atoms with Crippen molar-refractivity contribution in [2.24, 2.45) is 0 Å². The van der Waals surface area contributed by atoms with Crippen LogP contribution >= 0.6 is 0 Å². The van der Waals surface area contributed by atoms with Crippen LogP contribution in [-0.4, -0.2) is 31.1 Å². The summed E-state index contributed by atoms with van der Waals surface area (Å²) in [6.45, 7) is 7.95. The van der Waals surface area contributed by atoms with Gasteiger partial charge in [0, 0.05) is 12.0 Å². The monoisotopic (exact) mass is 432 g/mol. The molecule has 0 aliphatic carbocycles. The number of methoxy groups -OCH3 is 2. The van der Waals surface area contributed by atoms with Crippen LogP contribution in [0.3, 0.4) is 0 Å². The molecule has 0 radical (unpaired) electrons. The Morgan fingerprint density at radius 2 is 1.56 bits per heavy atom. The summed E-state index contributed by atoms with van der Waals surface area (Å²) in [4.78, 5) is 0. The molecular weight excluding hydrogens is 401 g/mol. The lowest BCUT2D eigenvalue weighted by atomic mass is 9.85. The maximum atomic E-state index is 14.5. The number of fused-ring (bicyclic) bond motifs is 1. The van der Waals surface area contributed by atoms with Gasteiger partial charge in [0.2, 0.25) is 5.71 Å². The van der Waals surface area contributed by atoms with Gasteiger partial charge in [0.25, 0.3) is 0 Å². The Balaban J connectivity index is 1.89. The fourth-order valence-electron chi connectivity index (χ4n) is 4.34. The topological polar surface area (TPSA) is 21.5 Å². The van der Waals surface area contributed by atoms with E-state index in [-0.39, 0.29) is 11.2 Å². The van der Waals surface area contributed by atoms with Crippen molar-refractivity contribution in [1.29, 1.82) is 0 Å². The average Bonchev–Trinajstić information content (AvgIpc) is 2.79. The van der Waals surface area contributed by atoms with Crippen LogP contribution in [0, 0.1) is 5.82 Å². The number of ether oxygens (including phenoxy) is 2. The zero-order valence-corrected chi connectivity index (χ0v) is 19.5. The fraction of sp³-hybridized carbons (Fsp3) is 0.321. The van der Waals surface area contributed by atoms with Gasteiger partial charge in [-0.25, -0.2) is 8.97 Å². The van der Waals surface area contributed by atoms with Crippen LogP contribution in [-0.2, 0) is 18.4 Å². The molecular formula is C28H31FNO2+. The lowest BCUT2D eigenvalue weighted by Gasteiger charge is -2.22. The Morgan fingerprint density at radius 3 is 2.19 bits per heavy atom. The van der Waals surface area contributed by atoms with E-state index < -0.39 is 0 Å².